The summed E-state index contributed by atoms with van der Waals surface area (Å²) in [6.07, 6.45) is 2.77. The van der Waals surface area contributed by atoms with Crippen LogP contribution in [0.25, 0.3) is 0 Å². The van der Waals surface area contributed by atoms with Crippen molar-refractivity contribution in [1.29, 1.82) is 0 Å². The third-order valence-electron chi connectivity index (χ3n) is 4.45. The number of aliphatic hydroxyl groups is 1. The summed E-state index contributed by atoms with van der Waals surface area (Å²) in [6, 6.07) is 3.54. The predicted octanol–water partition coefficient (Wildman–Crippen LogP) is 1.05. The standard InChI is InChI=1S/C17H23N5O3/c1-4-13-8-14(20-25-13)16(23)21(3)9-17(24)5-6-22(10-17)15-7-12(2)18-11-19-15/h7-8,11,24H,4-6,9-10H2,1-3H3/t17-/m1/s1. The van der Waals surface area contributed by atoms with Crippen LogP contribution >= 0.6 is 0 Å². The van der Waals surface area contributed by atoms with Gasteiger partial charge in [-0.05, 0) is 13.3 Å². The number of aromatic nitrogens is 3. The molecule has 1 amide bonds. The van der Waals surface area contributed by atoms with Gasteiger partial charge in [0.25, 0.3) is 5.91 Å². The van der Waals surface area contributed by atoms with Gasteiger partial charge in [0.05, 0.1) is 6.54 Å². The number of hydrogen-bond donors (Lipinski definition) is 1. The van der Waals surface area contributed by atoms with Crippen molar-refractivity contribution in [1.82, 2.24) is 20.0 Å². The molecule has 134 valence electrons. The molecule has 3 heterocycles. The number of likely N-dealkylation sites (N-methyl/N-ethyl adjacent to an activating group) is 1. The summed E-state index contributed by atoms with van der Waals surface area (Å²) >= 11 is 0. The molecule has 1 N–H and O–H groups in total. The van der Waals surface area contributed by atoms with E-state index in [0.29, 0.717) is 31.7 Å². The molecule has 0 radical (unpaired) electrons. The lowest BCUT2D eigenvalue weighted by atomic mass is 10.0. The number of rotatable bonds is 5. The molecular formula is C17H23N5O3. The van der Waals surface area contributed by atoms with Gasteiger partial charge in [-0.25, -0.2) is 9.97 Å². The minimum atomic E-state index is -0.986. The highest BCUT2D eigenvalue weighted by atomic mass is 16.5. The lowest BCUT2D eigenvalue weighted by Gasteiger charge is -2.28. The number of nitrogens with zero attached hydrogens (tertiary/aromatic N) is 5. The zero-order valence-electron chi connectivity index (χ0n) is 14.8. The first-order chi connectivity index (χ1) is 11.9. The molecule has 1 fully saturated rings. The van der Waals surface area contributed by atoms with Gasteiger partial charge in [-0.2, -0.15) is 0 Å². The van der Waals surface area contributed by atoms with Gasteiger partial charge in [-0.1, -0.05) is 12.1 Å². The van der Waals surface area contributed by atoms with E-state index < -0.39 is 5.60 Å². The maximum Gasteiger partial charge on any atom is 0.275 e. The number of amides is 1. The molecule has 8 heteroatoms. The van der Waals surface area contributed by atoms with Crippen LogP contribution in [0.5, 0.6) is 0 Å². The van der Waals surface area contributed by atoms with Crippen LogP contribution in [0, 0.1) is 6.92 Å². The monoisotopic (exact) mass is 345 g/mol. The van der Waals surface area contributed by atoms with E-state index in [1.807, 2.05) is 24.8 Å². The number of carbonyl (C=O) groups is 1. The predicted molar refractivity (Wildman–Crippen MR) is 91.4 cm³/mol. The van der Waals surface area contributed by atoms with Crippen molar-refractivity contribution in [2.75, 3.05) is 31.6 Å². The van der Waals surface area contributed by atoms with Crippen LogP contribution in [0.2, 0.25) is 0 Å². The van der Waals surface area contributed by atoms with Crippen LogP contribution in [0.15, 0.2) is 23.0 Å². The second kappa shape index (κ2) is 6.79. The summed E-state index contributed by atoms with van der Waals surface area (Å²) < 4.78 is 5.08. The molecule has 2 aromatic rings. The molecule has 0 aromatic carbocycles. The maximum atomic E-state index is 12.5. The molecule has 25 heavy (non-hydrogen) atoms. The number of carbonyl (C=O) groups excluding carboxylic acids is 1. The van der Waals surface area contributed by atoms with Crippen LogP contribution in [-0.2, 0) is 6.42 Å². The molecule has 0 bridgehead atoms. The maximum absolute atomic E-state index is 12.5. The van der Waals surface area contributed by atoms with E-state index in [1.165, 1.54) is 11.2 Å². The summed E-state index contributed by atoms with van der Waals surface area (Å²) in [4.78, 5) is 24.3. The SMILES string of the molecule is CCc1cc(C(=O)N(C)C[C@]2(O)CCN(c3cc(C)ncn3)C2)no1. The lowest BCUT2D eigenvalue weighted by molar-refractivity contribution is 0.0260. The zero-order chi connectivity index (χ0) is 18.0. The third-order valence-corrected chi connectivity index (χ3v) is 4.45. The summed E-state index contributed by atoms with van der Waals surface area (Å²) in [6.45, 7) is 5.16. The summed E-state index contributed by atoms with van der Waals surface area (Å²) in [7, 11) is 1.66. The largest absolute Gasteiger partial charge is 0.386 e. The van der Waals surface area contributed by atoms with Crippen LogP contribution in [-0.4, -0.2) is 63.3 Å². The molecule has 0 unspecified atom stereocenters. The summed E-state index contributed by atoms with van der Waals surface area (Å²) in [5, 5.41) is 14.7. The third kappa shape index (κ3) is 3.79. The fourth-order valence-electron chi connectivity index (χ4n) is 3.08. The van der Waals surface area contributed by atoms with Gasteiger partial charge in [0.2, 0.25) is 0 Å². The first kappa shape index (κ1) is 17.3. The van der Waals surface area contributed by atoms with Gasteiger partial charge in [0.15, 0.2) is 5.69 Å². The lowest BCUT2D eigenvalue weighted by Crippen LogP contribution is -2.46. The van der Waals surface area contributed by atoms with E-state index in [1.54, 1.807) is 13.1 Å². The van der Waals surface area contributed by atoms with Gasteiger partial charge in [-0.3, -0.25) is 4.79 Å². The Balaban J connectivity index is 1.64. The first-order valence-electron chi connectivity index (χ1n) is 8.37. The van der Waals surface area contributed by atoms with Crippen molar-refractivity contribution in [3.63, 3.8) is 0 Å². The molecule has 1 aliphatic rings. The van der Waals surface area contributed by atoms with E-state index >= 15 is 0 Å². The molecular weight excluding hydrogens is 322 g/mol. The van der Waals surface area contributed by atoms with Gasteiger partial charge in [0, 0.05) is 44.4 Å². The van der Waals surface area contributed by atoms with Crippen molar-refractivity contribution >= 4 is 11.7 Å². The Hall–Kier alpha value is -2.48. The number of β-amino-alcohol motifs (C(OH)–C–C–N with tert-alkyl or cyclic N) is 1. The first-order valence-corrected chi connectivity index (χ1v) is 8.37. The number of anilines is 1. The van der Waals surface area contributed by atoms with Crippen LogP contribution < -0.4 is 4.90 Å². The van der Waals surface area contributed by atoms with E-state index in [0.717, 1.165) is 11.5 Å². The van der Waals surface area contributed by atoms with E-state index in [2.05, 4.69) is 15.1 Å². The average molecular weight is 345 g/mol. The molecule has 1 atom stereocenters. The second-order valence-corrected chi connectivity index (χ2v) is 6.61. The molecule has 0 saturated carbocycles. The van der Waals surface area contributed by atoms with Crippen molar-refractivity contribution in [3.8, 4) is 0 Å². The van der Waals surface area contributed by atoms with Gasteiger partial charge < -0.3 is 19.4 Å². The zero-order valence-corrected chi connectivity index (χ0v) is 14.8. The number of aryl methyl sites for hydroxylation is 2. The Bertz CT molecular complexity index is 762. The van der Waals surface area contributed by atoms with E-state index in [4.69, 9.17) is 4.52 Å². The Morgan fingerprint density at radius 2 is 2.24 bits per heavy atom. The Kier molecular flexibility index (Phi) is 4.71. The molecule has 1 saturated heterocycles. The van der Waals surface area contributed by atoms with E-state index in [9.17, 15) is 9.90 Å². The fourth-order valence-corrected chi connectivity index (χ4v) is 3.08. The molecule has 0 spiro atoms. The van der Waals surface area contributed by atoms with Gasteiger partial charge >= 0.3 is 0 Å². The van der Waals surface area contributed by atoms with Crippen LogP contribution in [0.4, 0.5) is 5.82 Å². The average Bonchev–Trinajstić information content (AvgIpc) is 3.21. The molecule has 0 aliphatic carbocycles. The minimum Gasteiger partial charge on any atom is -0.386 e. The molecule has 3 rings (SSSR count). The van der Waals surface area contributed by atoms with Crippen molar-refractivity contribution in [2.45, 2.75) is 32.3 Å². The normalized spacial score (nSPS) is 20.1. The highest BCUT2D eigenvalue weighted by Gasteiger charge is 2.39. The van der Waals surface area contributed by atoms with Crippen molar-refractivity contribution in [3.05, 3.63) is 35.6 Å². The summed E-state index contributed by atoms with van der Waals surface area (Å²) in [5.41, 5.74) is 0.162. The van der Waals surface area contributed by atoms with Crippen LogP contribution in [0.3, 0.4) is 0 Å². The fraction of sp³-hybridized carbons (Fsp3) is 0.529. The van der Waals surface area contributed by atoms with E-state index in [-0.39, 0.29) is 18.1 Å². The highest BCUT2D eigenvalue weighted by molar-refractivity contribution is 5.92. The van der Waals surface area contributed by atoms with Crippen LogP contribution in [0.1, 0.15) is 35.3 Å². The van der Waals surface area contributed by atoms with Gasteiger partial charge in [-0.15, -0.1) is 0 Å². The van der Waals surface area contributed by atoms with Gasteiger partial charge in [0.1, 0.15) is 23.5 Å². The smallest absolute Gasteiger partial charge is 0.275 e. The number of hydrogen-bond acceptors (Lipinski definition) is 7. The molecule has 2 aromatic heterocycles. The Labute approximate surface area is 146 Å². The molecule has 1 aliphatic heterocycles. The second-order valence-electron chi connectivity index (χ2n) is 6.61. The Morgan fingerprint density at radius 3 is 2.92 bits per heavy atom. The van der Waals surface area contributed by atoms with Crippen molar-refractivity contribution in [2.24, 2.45) is 0 Å². The quantitative estimate of drug-likeness (QED) is 0.865. The minimum absolute atomic E-state index is 0.223. The van der Waals surface area contributed by atoms with Crippen molar-refractivity contribution < 1.29 is 14.4 Å². The summed E-state index contributed by atoms with van der Waals surface area (Å²) in [5.74, 6) is 1.20. The highest BCUT2D eigenvalue weighted by Crippen LogP contribution is 2.26. The molecule has 8 nitrogen and oxygen atoms in total. The Morgan fingerprint density at radius 1 is 1.44 bits per heavy atom. The topological polar surface area (TPSA) is 95.6 Å².